The van der Waals surface area contributed by atoms with Crippen molar-refractivity contribution in [3.63, 3.8) is 0 Å². The smallest absolute Gasteiger partial charge is 0.405 e. The maximum Gasteiger partial charge on any atom is 0.405 e. The van der Waals surface area contributed by atoms with E-state index in [1.165, 1.54) is 6.07 Å². The molecule has 0 saturated heterocycles. The van der Waals surface area contributed by atoms with Crippen LogP contribution in [0.25, 0.3) is 33.8 Å². The van der Waals surface area contributed by atoms with Gasteiger partial charge in [0.05, 0.1) is 24.8 Å². The molecule has 4 aromatic rings. The second-order valence-electron chi connectivity index (χ2n) is 7.61. The van der Waals surface area contributed by atoms with Crippen LogP contribution in [0.4, 0.5) is 4.79 Å². The number of carboxylic acid groups (broad SMARTS) is 1. The van der Waals surface area contributed by atoms with Gasteiger partial charge in [0.2, 0.25) is 5.82 Å². The second-order valence-corrected chi connectivity index (χ2v) is 8.02. The molecule has 1 amide bonds. The number of aliphatic hydroxyl groups is 2. The Hall–Kier alpha value is -3.60. The van der Waals surface area contributed by atoms with Gasteiger partial charge in [-0.3, -0.25) is 0 Å². The van der Waals surface area contributed by atoms with Gasteiger partial charge in [-0.25, -0.2) is 4.79 Å². The molecule has 0 radical (unpaired) electrons. The highest BCUT2D eigenvalue weighted by Gasteiger charge is 2.36. The number of fused-ring (bicyclic) bond motifs is 1. The third kappa shape index (κ3) is 4.56. The largest absolute Gasteiger partial charge is 0.492 e. The lowest BCUT2D eigenvalue weighted by Gasteiger charge is -2.27. The minimum absolute atomic E-state index is 0.0703. The number of carbonyl (C=O) groups is 1. The molecule has 10 nitrogen and oxygen atoms in total. The molecule has 2 aromatic carbocycles. The van der Waals surface area contributed by atoms with E-state index in [0.29, 0.717) is 45.3 Å². The van der Waals surface area contributed by atoms with Crippen LogP contribution in [0.3, 0.4) is 0 Å². The molecule has 178 valence electrons. The van der Waals surface area contributed by atoms with E-state index in [4.69, 9.17) is 30.4 Å². The summed E-state index contributed by atoms with van der Waals surface area (Å²) in [4.78, 5) is 15.6. The Morgan fingerprint density at radius 1 is 1.15 bits per heavy atom. The third-order valence-electron chi connectivity index (χ3n) is 5.20. The van der Waals surface area contributed by atoms with Crippen LogP contribution in [-0.2, 0) is 5.54 Å². The summed E-state index contributed by atoms with van der Waals surface area (Å²) in [5.41, 5.74) is -0.00456. The molecule has 2 heterocycles. The molecular weight excluding hydrogens is 466 g/mol. The van der Waals surface area contributed by atoms with E-state index in [2.05, 4.69) is 15.5 Å². The highest BCUT2D eigenvalue weighted by Crippen LogP contribution is 2.33. The van der Waals surface area contributed by atoms with Gasteiger partial charge in [-0.2, -0.15) is 4.98 Å². The number of nitrogens with one attached hydrogen (secondary N) is 1. The van der Waals surface area contributed by atoms with Gasteiger partial charge in [-0.15, -0.1) is 0 Å². The number of furan rings is 1. The second kappa shape index (κ2) is 9.72. The summed E-state index contributed by atoms with van der Waals surface area (Å²) < 4.78 is 16.7. The molecule has 0 atom stereocenters. The predicted molar refractivity (Wildman–Crippen MR) is 123 cm³/mol. The summed E-state index contributed by atoms with van der Waals surface area (Å²) in [5.74, 6) is 1.24. The van der Waals surface area contributed by atoms with E-state index >= 15 is 0 Å². The van der Waals surface area contributed by atoms with Gasteiger partial charge >= 0.3 is 6.09 Å². The lowest BCUT2D eigenvalue weighted by Crippen LogP contribution is -2.50. The summed E-state index contributed by atoms with van der Waals surface area (Å²) in [6.07, 6.45) is -0.543. The van der Waals surface area contributed by atoms with E-state index in [1.54, 1.807) is 36.4 Å². The van der Waals surface area contributed by atoms with E-state index in [0.717, 1.165) is 6.42 Å². The van der Waals surface area contributed by atoms with E-state index in [9.17, 15) is 15.0 Å². The Balaban J connectivity index is 1.63. The highest BCUT2D eigenvalue weighted by molar-refractivity contribution is 6.32. The molecular formula is C23H22ClN3O7. The lowest BCUT2D eigenvalue weighted by atomic mass is 9.98. The molecule has 0 spiro atoms. The number of hydrogen-bond donors (Lipinski definition) is 4. The van der Waals surface area contributed by atoms with Gasteiger partial charge in [0.15, 0.2) is 0 Å². The summed E-state index contributed by atoms with van der Waals surface area (Å²) >= 11 is 6.30. The summed E-state index contributed by atoms with van der Waals surface area (Å²) in [6.45, 7) is 1.18. The monoisotopic (exact) mass is 487 g/mol. The SMILES string of the molecule is CCCOc1ccc(-c2nc(-c3ccc4oc(C(CO)(CO)NC(=O)O)cc4c3)no2)cc1Cl. The molecule has 4 rings (SSSR count). The first kappa shape index (κ1) is 23.6. The van der Waals surface area contributed by atoms with Gasteiger partial charge in [-0.05, 0) is 48.9 Å². The molecule has 2 aromatic heterocycles. The highest BCUT2D eigenvalue weighted by atomic mass is 35.5. The van der Waals surface area contributed by atoms with Crippen molar-refractivity contribution in [2.45, 2.75) is 18.9 Å². The standard InChI is InChI=1S/C23H22ClN3O7/c1-2-7-32-18-6-4-14(9-16(18)24)21-25-20(27-34-21)13-3-5-17-15(8-13)10-19(33-17)23(11-28,12-29)26-22(30)31/h3-6,8-10,26,28-29H,2,7,11-12H2,1H3,(H,30,31). The molecule has 34 heavy (non-hydrogen) atoms. The number of nitrogens with zero attached hydrogens (tertiary/aromatic N) is 2. The van der Waals surface area contributed by atoms with Crippen LogP contribution in [0.1, 0.15) is 19.1 Å². The number of halogens is 1. The maximum atomic E-state index is 11.1. The number of rotatable bonds is 9. The number of aliphatic hydroxyl groups excluding tert-OH is 2. The molecule has 0 saturated carbocycles. The Kier molecular flexibility index (Phi) is 6.73. The zero-order chi connectivity index (χ0) is 24.3. The fourth-order valence-corrected chi connectivity index (χ4v) is 3.63. The van der Waals surface area contributed by atoms with Gasteiger partial charge in [0, 0.05) is 16.5 Å². The predicted octanol–water partition coefficient (Wildman–Crippen LogP) is 4.04. The van der Waals surface area contributed by atoms with Gasteiger partial charge in [0.25, 0.3) is 5.89 Å². The minimum atomic E-state index is -1.68. The Morgan fingerprint density at radius 2 is 1.91 bits per heavy atom. The van der Waals surface area contributed by atoms with Crippen molar-refractivity contribution in [1.82, 2.24) is 15.5 Å². The fraction of sp³-hybridized carbons (Fsp3) is 0.261. The molecule has 0 fully saturated rings. The fourth-order valence-electron chi connectivity index (χ4n) is 3.39. The lowest BCUT2D eigenvalue weighted by molar-refractivity contribution is 0.0713. The van der Waals surface area contributed by atoms with Crippen LogP contribution in [0.15, 0.2) is 51.4 Å². The molecule has 11 heteroatoms. The zero-order valence-electron chi connectivity index (χ0n) is 18.1. The van der Waals surface area contributed by atoms with Gasteiger partial charge in [0.1, 0.15) is 22.6 Å². The average molecular weight is 488 g/mol. The molecule has 4 N–H and O–H groups in total. The van der Waals surface area contributed by atoms with Crippen LogP contribution in [-0.4, -0.2) is 51.4 Å². The van der Waals surface area contributed by atoms with Gasteiger partial charge < -0.3 is 34.3 Å². The number of amides is 1. The number of ether oxygens (including phenoxy) is 1. The van der Waals surface area contributed by atoms with Crippen LogP contribution in [0.2, 0.25) is 5.02 Å². The van der Waals surface area contributed by atoms with Crippen LogP contribution < -0.4 is 10.1 Å². The van der Waals surface area contributed by atoms with Crippen molar-refractivity contribution in [3.05, 3.63) is 53.2 Å². The van der Waals surface area contributed by atoms with Crippen molar-refractivity contribution in [3.8, 4) is 28.6 Å². The van der Waals surface area contributed by atoms with Gasteiger partial charge in [-0.1, -0.05) is 23.7 Å². The van der Waals surface area contributed by atoms with Crippen molar-refractivity contribution in [2.24, 2.45) is 0 Å². The maximum absolute atomic E-state index is 11.1. The first-order chi connectivity index (χ1) is 16.4. The third-order valence-corrected chi connectivity index (χ3v) is 5.49. The summed E-state index contributed by atoms with van der Waals surface area (Å²) in [7, 11) is 0. The molecule has 0 aliphatic carbocycles. The quantitative estimate of drug-likeness (QED) is 0.274. The number of aromatic nitrogens is 2. The summed E-state index contributed by atoms with van der Waals surface area (Å²) in [5, 5.41) is 35.7. The van der Waals surface area contributed by atoms with Crippen molar-refractivity contribution < 1.29 is 33.8 Å². The topological polar surface area (TPSA) is 151 Å². The Labute approximate surface area is 198 Å². The average Bonchev–Trinajstić information content (AvgIpc) is 3.49. The van der Waals surface area contributed by atoms with Crippen molar-refractivity contribution >= 4 is 28.7 Å². The van der Waals surface area contributed by atoms with E-state index < -0.39 is 24.8 Å². The number of hydrogen-bond acceptors (Lipinski definition) is 8. The Bertz CT molecular complexity index is 1310. The first-order valence-electron chi connectivity index (χ1n) is 10.4. The molecule has 0 unspecified atom stereocenters. The molecule has 0 bridgehead atoms. The summed E-state index contributed by atoms with van der Waals surface area (Å²) in [6, 6.07) is 11.8. The minimum Gasteiger partial charge on any atom is -0.492 e. The van der Waals surface area contributed by atoms with E-state index in [1.807, 2.05) is 6.92 Å². The van der Waals surface area contributed by atoms with Crippen molar-refractivity contribution in [2.75, 3.05) is 19.8 Å². The first-order valence-corrected chi connectivity index (χ1v) is 10.8. The zero-order valence-corrected chi connectivity index (χ0v) is 18.9. The van der Waals surface area contributed by atoms with Crippen LogP contribution in [0.5, 0.6) is 5.75 Å². The van der Waals surface area contributed by atoms with E-state index in [-0.39, 0.29) is 11.7 Å². The van der Waals surface area contributed by atoms with Crippen LogP contribution >= 0.6 is 11.6 Å². The Morgan fingerprint density at radius 3 is 2.59 bits per heavy atom. The normalized spacial score (nSPS) is 11.6. The van der Waals surface area contributed by atoms with Crippen LogP contribution in [0, 0.1) is 0 Å². The molecule has 0 aliphatic rings. The van der Waals surface area contributed by atoms with Crippen molar-refractivity contribution in [1.29, 1.82) is 0 Å². The number of benzene rings is 2. The molecule has 0 aliphatic heterocycles.